The summed E-state index contributed by atoms with van der Waals surface area (Å²) in [6.07, 6.45) is 4.99. The molecule has 1 saturated carbocycles. The van der Waals surface area contributed by atoms with Gasteiger partial charge in [-0.3, -0.25) is 14.4 Å². The smallest absolute Gasteiger partial charge is 0.254 e. The van der Waals surface area contributed by atoms with Crippen molar-refractivity contribution in [1.29, 1.82) is 0 Å². The van der Waals surface area contributed by atoms with Gasteiger partial charge in [0.1, 0.15) is 5.60 Å². The average molecular weight is 416 g/mol. The maximum Gasteiger partial charge on any atom is 0.254 e. The zero-order chi connectivity index (χ0) is 21.6. The molecular weight excluding hydrogens is 392 g/mol. The summed E-state index contributed by atoms with van der Waals surface area (Å²) in [6.45, 7) is 1.85. The largest absolute Gasteiger partial charge is 0.380 e. The molecule has 158 valence electrons. The highest BCUT2D eigenvalue weighted by Gasteiger charge is 2.50. The van der Waals surface area contributed by atoms with Crippen LogP contribution in [0.15, 0.2) is 48.5 Å². The van der Waals surface area contributed by atoms with E-state index >= 15 is 0 Å². The fraction of sp³-hybridized carbons (Fsp3) is 0.320. The topological polar surface area (TPSA) is 77.9 Å². The van der Waals surface area contributed by atoms with Gasteiger partial charge in [-0.1, -0.05) is 30.3 Å². The third-order valence-electron chi connectivity index (χ3n) is 6.40. The summed E-state index contributed by atoms with van der Waals surface area (Å²) in [5.74, 6) is -0.124. The number of rotatable bonds is 3. The molecule has 6 heteroatoms. The zero-order valence-corrected chi connectivity index (χ0v) is 17.2. The van der Waals surface area contributed by atoms with E-state index in [4.69, 9.17) is 0 Å². The van der Waals surface area contributed by atoms with Gasteiger partial charge in [0.05, 0.1) is 0 Å². The van der Waals surface area contributed by atoms with Crippen LogP contribution in [0, 0.1) is 0 Å². The van der Waals surface area contributed by atoms with Crippen molar-refractivity contribution in [3.63, 3.8) is 0 Å². The maximum atomic E-state index is 12.9. The molecule has 1 saturated heterocycles. The molecule has 0 aromatic heterocycles. The SMILES string of the molecule is O=C1C=Cc2cc(-c3ccc(C(=O)N4CCN(C(=O)C5(O)CC5)CC4)cc3)ccc2C1. The number of carbonyl (C=O) groups excluding carboxylic acids is 3. The van der Waals surface area contributed by atoms with E-state index in [0.717, 1.165) is 22.3 Å². The molecule has 1 N–H and O–H groups in total. The maximum absolute atomic E-state index is 12.9. The van der Waals surface area contributed by atoms with E-state index in [2.05, 4.69) is 6.07 Å². The Bertz CT molecular complexity index is 1090. The fourth-order valence-corrected chi connectivity index (χ4v) is 4.25. The van der Waals surface area contributed by atoms with Crippen molar-refractivity contribution < 1.29 is 19.5 Å². The van der Waals surface area contributed by atoms with Crippen LogP contribution in [-0.4, -0.2) is 64.3 Å². The van der Waals surface area contributed by atoms with Crippen molar-refractivity contribution in [3.8, 4) is 11.1 Å². The van der Waals surface area contributed by atoms with E-state index in [1.54, 1.807) is 15.9 Å². The number of hydrogen-bond acceptors (Lipinski definition) is 4. The third-order valence-corrected chi connectivity index (χ3v) is 6.40. The van der Waals surface area contributed by atoms with Gasteiger partial charge in [-0.05, 0) is 59.4 Å². The lowest BCUT2D eigenvalue weighted by Crippen LogP contribution is -2.53. The summed E-state index contributed by atoms with van der Waals surface area (Å²) in [5, 5.41) is 10.0. The Hall–Kier alpha value is -3.25. The van der Waals surface area contributed by atoms with Crippen LogP contribution in [0.3, 0.4) is 0 Å². The molecule has 5 rings (SSSR count). The standard InChI is InChI=1S/C25H24N2O4/c28-22-8-7-20-15-19(5-6-21(20)16-22)17-1-3-18(4-2-17)23(29)26-11-13-27(14-12-26)24(30)25(31)9-10-25/h1-8,15,31H,9-14,16H2. The highest BCUT2D eigenvalue weighted by molar-refractivity contribution is 5.99. The molecule has 3 aliphatic rings. The minimum absolute atomic E-state index is 0.0457. The minimum Gasteiger partial charge on any atom is -0.380 e. The lowest BCUT2D eigenvalue weighted by Gasteiger charge is -2.35. The normalized spacial score (nSPS) is 19.2. The summed E-state index contributed by atoms with van der Waals surface area (Å²) in [6, 6.07) is 13.6. The Kier molecular flexibility index (Phi) is 4.74. The number of allylic oxidation sites excluding steroid dienone is 1. The van der Waals surface area contributed by atoms with Crippen LogP contribution in [-0.2, 0) is 16.0 Å². The number of fused-ring (bicyclic) bond motifs is 1. The molecule has 0 radical (unpaired) electrons. The van der Waals surface area contributed by atoms with E-state index in [1.165, 1.54) is 0 Å². The first-order chi connectivity index (χ1) is 14.9. The van der Waals surface area contributed by atoms with Gasteiger partial charge in [-0.25, -0.2) is 0 Å². The molecule has 6 nitrogen and oxygen atoms in total. The lowest BCUT2D eigenvalue weighted by atomic mass is 9.92. The van der Waals surface area contributed by atoms with Gasteiger partial charge in [-0.15, -0.1) is 0 Å². The van der Waals surface area contributed by atoms with Crippen molar-refractivity contribution >= 4 is 23.7 Å². The van der Waals surface area contributed by atoms with Crippen LogP contribution >= 0.6 is 0 Å². The second-order valence-corrected chi connectivity index (χ2v) is 8.58. The molecule has 0 atom stereocenters. The molecule has 2 aliphatic carbocycles. The van der Waals surface area contributed by atoms with Gasteiger partial charge in [0, 0.05) is 38.2 Å². The molecule has 2 aromatic carbocycles. The Labute approximate surface area is 180 Å². The van der Waals surface area contributed by atoms with Crippen LogP contribution in [0.2, 0.25) is 0 Å². The zero-order valence-electron chi connectivity index (χ0n) is 17.2. The number of amides is 2. The number of aliphatic hydroxyl groups is 1. The highest BCUT2D eigenvalue weighted by atomic mass is 16.3. The predicted molar refractivity (Wildman–Crippen MR) is 116 cm³/mol. The Balaban J connectivity index is 1.24. The van der Waals surface area contributed by atoms with E-state index in [1.807, 2.05) is 42.5 Å². The highest BCUT2D eigenvalue weighted by Crippen LogP contribution is 2.37. The molecule has 0 bridgehead atoms. The first-order valence-electron chi connectivity index (χ1n) is 10.7. The van der Waals surface area contributed by atoms with E-state index in [0.29, 0.717) is 51.0 Å². The summed E-state index contributed by atoms with van der Waals surface area (Å²) >= 11 is 0. The van der Waals surface area contributed by atoms with Crippen LogP contribution in [0.5, 0.6) is 0 Å². The molecule has 0 unspecified atom stereocenters. The van der Waals surface area contributed by atoms with Crippen molar-refractivity contribution in [2.24, 2.45) is 0 Å². The third kappa shape index (κ3) is 3.79. The predicted octanol–water partition coefficient (Wildman–Crippen LogP) is 2.30. The average Bonchev–Trinajstić information content (AvgIpc) is 3.56. The molecule has 1 aliphatic heterocycles. The van der Waals surface area contributed by atoms with Crippen LogP contribution in [0.25, 0.3) is 17.2 Å². The Morgan fingerprint density at radius 2 is 1.48 bits per heavy atom. The fourth-order valence-electron chi connectivity index (χ4n) is 4.25. The molecule has 2 fully saturated rings. The first kappa shape index (κ1) is 19.7. The first-order valence-corrected chi connectivity index (χ1v) is 10.7. The van der Waals surface area contributed by atoms with Crippen LogP contribution in [0.4, 0.5) is 0 Å². The van der Waals surface area contributed by atoms with Gasteiger partial charge in [0.2, 0.25) is 0 Å². The van der Waals surface area contributed by atoms with Crippen LogP contribution in [0.1, 0.15) is 34.3 Å². The second-order valence-electron chi connectivity index (χ2n) is 8.58. The summed E-state index contributed by atoms with van der Waals surface area (Å²) < 4.78 is 0. The molecule has 2 aromatic rings. The van der Waals surface area contributed by atoms with E-state index < -0.39 is 5.60 Å². The second kappa shape index (κ2) is 7.46. The van der Waals surface area contributed by atoms with Crippen molar-refractivity contribution in [3.05, 3.63) is 65.2 Å². The number of hydrogen-bond donors (Lipinski definition) is 1. The van der Waals surface area contributed by atoms with Crippen molar-refractivity contribution in [2.75, 3.05) is 26.2 Å². The van der Waals surface area contributed by atoms with E-state index in [-0.39, 0.29) is 17.6 Å². The quantitative estimate of drug-likeness (QED) is 0.833. The molecular formula is C25H24N2O4. The number of ketones is 1. The number of nitrogens with zero attached hydrogens (tertiary/aromatic N) is 2. The number of carbonyl (C=O) groups is 3. The van der Waals surface area contributed by atoms with Gasteiger partial charge < -0.3 is 14.9 Å². The molecule has 1 heterocycles. The van der Waals surface area contributed by atoms with Gasteiger partial charge in [-0.2, -0.15) is 0 Å². The summed E-state index contributed by atoms with van der Waals surface area (Å²) in [4.78, 5) is 40.1. The van der Waals surface area contributed by atoms with Gasteiger partial charge >= 0.3 is 0 Å². The summed E-state index contributed by atoms with van der Waals surface area (Å²) in [7, 11) is 0. The minimum atomic E-state index is -1.15. The molecule has 0 spiro atoms. The van der Waals surface area contributed by atoms with Crippen LogP contribution < -0.4 is 0 Å². The van der Waals surface area contributed by atoms with Gasteiger partial charge in [0.15, 0.2) is 5.78 Å². The lowest BCUT2D eigenvalue weighted by molar-refractivity contribution is -0.143. The van der Waals surface area contributed by atoms with E-state index in [9.17, 15) is 19.5 Å². The summed E-state index contributed by atoms with van der Waals surface area (Å²) in [5.41, 5.74) is 3.62. The Morgan fingerprint density at radius 1 is 0.839 bits per heavy atom. The van der Waals surface area contributed by atoms with Crippen molar-refractivity contribution in [1.82, 2.24) is 9.80 Å². The van der Waals surface area contributed by atoms with Crippen molar-refractivity contribution in [2.45, 2.75) is 24.9 Å². The monoisotopic (exact) mass is 416 g/mol. The Morgan fingerprint density at radius 3 is 2.16 bits per heavy atom. The van der Waals surface area contributed by atoms with Gasteiger partial charge in [0.25, 0.3) is 11.8 Å². The molecule has 2 amide bonds. The molecule has 31 heavy (non-hydrogen) atoms. The number of piperazine rings is 1. The number of benzene rings is 2.